The Morgan fingerprint density at radius 3 is 2.11 bits per heavy atom. The molecule has 2 aromatic carbocycles. The summed E-state index contributed by atoms with van der Waals surface area (Å²) in [5, 5.41) is 0. The number of hydrogen-bond donors (Lipinski definition) is 0. The molecule has 0 aliphatic heterocycles. The normalized spacial score (nSPS) is 15.2. The number of ether oxygens (including phenoxy) is 2. The molecule has 0 amide bonds. The van der Waals surface area contributed by atoms with Gasteiger partial charge in [-0.05, 0) is 82.9 Å². The van der Waals surface area contributed by atoms with E-state index in [0.717, 1.165) is 31.2 Å². The summed E-state index contributed by atoms with van der Waals surface area (Å²) in [4.78, 5) is 27.2. The van der Waals surface area contributed by atoms with E-state index in [1.165, 1.54) is 5.56 Å². The van der Waals surface area contributed by atoms with E-state index in [9.17, 15) is 9.59 Å². The summed E-state index contributed by atoms with van der Waals surface area (Å²) in [6, 6.07) is 13.4. The summed E-state index contributed by atoms with van der Waals surface area (Å²) >= 11 is 0. The van der Waals surface area contributed by atoms with Crippen LogP contribution in [0.5, 0.6) is 0 Å². The molecule has 4 bridgehead atoms. The molecule has 4 heteroatoms. The fourth-order valence-electron chi connectivity index (χ4n) is 4.90. The van der Waals surface area contributed by atoms with Crippen molar-refractivity contribution in [1.29, 1.82) is 0 Å². The number of aryl methyl sites for hydroxylation is 2. The average Bonchev–Trinajstić information content (AvgIpc) is 2.91. The first kappa shape index (κ1) is 28.3. The Balaban J connectivity index is 1.78. The Labute approximate surface area is 217 Å². The maximum atomic E-state index is 13.9. The highest BCUT2D eigenvalue weighted by molar-refractivity contribution is 6.17. The minimum atomic E-state index is -1.09. The van der Waals surface area contributed by atoms with Crippen LogP contribution in [-0.4, -0.2) is 35.5 Å². The fourth-order valence-corrected chi connectivity index (χ4v) is 4.90. The van der Waals surface area contributed by atoms with E-state index in [4.69, 9.17) is 9.47 Å². The van der Waals surface area contributed by atoms with E-state index >= 15 is 0 Å². The van der Waals surface area contributed by atoms with Gasteiger partial charge in [-0.1, -0.05) is 57.2 Å². The Kier molecular flexibility index (Phi) is 8.63. The van der Waals surface area contributed by atoms with Gasteiger partial charge in [-0.25, -0.2) is 0 Å². The largest absolute Gasteiger partial charge is 0.375 e. The van der Waals surface area contributed by atoms with Gasteiger partial charge in [0.1, 0.15) is 5.60 Å². The quantitative estimate of drug-likeness (QED) is 0.307. The second-order valence-corrected chi connectivity index (χ2v) is 11.9. The zero-order valence-electron chi connectivity index (χ0n) is 23.5. The van der Waals surface area contributed by atoms with Gasteiger partial charge in [0.2, 0.25) is 0 Å². The van der Waals surface area contributed by atoms with Crippen LogP contribution in [0.3, 0.4) is 0 Å². The highest BCUT2D eigenvalue weighted by Gasteiger charge is 2.36. The molecule has 0 saturated carbocycles. The van der Waals surface area contributed by atoms with Crippen LogP contribution in [0.15, 0.2) is 42.5 Å². The first-order chi connectivity index (χ1) is 16.8. The van der Waals surface area contributed by atoms with Gasteiger partial charge >= 0.3 is 0 Å². The molecule has 196 valence electrons. The lowest BCUT2D eigenvalue weighted by Crippen LogP contribution is -2.42. The third-order valence-electron chi connectivity index (χ3n) is 7.83. The predicted octanol–water partition coefficient (Wildman–Crippen LogP) is 7.39. The van der Waals surface area contributed by atoms with E-state index in [1.54, 1.807) is 19.9 Å². The van der Waals surface area contributed by atoms with Crippen molar-refractivity contribution in [2.75, 3.05) is 6.61 Å². The van der Waals surface area contributed by atoms with E-state index in [0.29, 0.717) is 29.7 Å². The van der Waals surface area contributed by atoms with Gasteiger partial charge in [0.25, 0.3) is 0 Å². The maximum Gasteiger partial charge on any atom is 0.194 e. The topological polar surface area (TPSA) is 52.6 Å². The summed E-state index contributed by atoms with van der Waals surface area (Å²) in [7, 11) is 0. The lowest BCUT2D eigenvalue weighted by atomic mass is 9.85. The lowest BCUT2D eigenvalue weighted by molar-refractivity contribution is -0.110. The number of hydrogen-bond acceptors (Lipinski definition) is 4. The van der Waals surface area contributed by atoms with Crippen LogP contribution in [0.25, 0.3) is 0 Å². The van der Waals surface area contributed by atoms with Crippen molar-refractivity contribution in [2.45, 2.75) is 105 Å². The van der Waals surface area contributed by atoms with Crippen molar-refractivity contribution >= 4 is 11.6 Å². The zero-order valence-corrected chi connectivity index (χ0v) is 23.5. The molecular weight excluding hydrogens is 448 g/mol. The van der Waals surface area contributed by atoms with E-state index in [2.05, 4.69) is 34.6 Å². The fraction of sp³-hybridized carbons (Fsp3) is 0.562. The first-order valence-electron chi connectivity index (χ1n) is 13.4. The van der Waals surface area contributed by atoms with Crippen LogP contribution in [0.4, 0.5) is 0 Å². The minimum Gasteiger partial charge on any atom is -0.375 e. The Morgan fingerprint density at radius 2 is 1.50 bits per heavy atom. The Hall–Kier alpha value is -2.30. The molecule has 0 aromatic heterocycles. The standard InChI is InChI=1S/C32H44O4/c1-9-32(8,10-2)21-35-30(4,5)20-22(3)36-31(6,7)29(34)27-19-24-12-11-23-13-16-25(17-14-23)28(33)26(27)18-15-24/h13-19,22H,9-12,20-21H2,1-8H3. The molecule has 0 N–H and O–H groups in total. The van der Waals surface area contributed by atoms with Crippen LogP contribution < -0.4 is 0 Å². The van der Waals surface area contributed by atoms with Gasteiger partial charge in [0.15, 0.2) is 11.6 Å². The summed E-state index contributed by atoms with van der Waals surface area (Å²) in [6.07, 6.45) is 4.26. The van der Waals surface area contributed by atoms with Gasteiger partial charge in [-0.3, -0.25) is 9.59 Å². The van der Waals surface area contributed by atoms with Crippen molar-refractivity contribution < 1.29 is 19.1 Å². The molecule has 2 aromatic rings. The molecule has 36 heavy (non-hydrogen) atoms. The van der Waals surface area contributed by atoms with Crippen LogP contribution in [0.2, 0.25) is 0 Å². The molecule has 0 spiro atoms. The van der Waals surface area contributed by atoms with Crippen molar-refractivity contribution in [3.63, 3.8) is 0 Å². The van der Waals surface area contributed by atoms with E-state index < -0.39 is 5.60 Å². The first-order valence-corrected chi connectivity index (χ1v) is 13.4. The Bertz CT molecular complexity index is 1070. The SMILES string of the molecule is CCC(C)(CC)COC(C)(C)CC(C)OC(C)(C)C(=O)c1cc2ccc1C(=O)c1ccc(cc1)CC2. The van der Waals surface area contributed by atoms with Crippen LogP contribution in [0, 0.1) is 5.41 Å². The molecule has 0 saturated heterocycles. The van der Waals surface area contributed by atoms with Crippen LogP contribution in [-0.2, 0) is 22.3 Å². The lowest BCUT2D eigenvalue weighted by Gasteiger charge is -2.36. The van der Waals surface area contributed by atoms with Gasteiger partial charge in [-0.15, -0.1) is 0 Å². The summed E-state index contributed by atoms with van der Waals surface area (Å²) in [5.41, 5.74) is 2.39. The predicted molar refractivity (Wildman–Crippen MR) is 146 cm³/mol. The van der Waals surface area contributed by atoms with E-state index in [-0.39, 0.29) is 28.7 Å². The number of carbonyl (C=O) groups excluding carboxylic acids is 2. The molecule has 6 rings (SSSR count). The van der Waals surface area contributed by atoms with E-state index in [1.807, 2.05) is 43.3 Å². The number of benzene rings is 2. The molecule has 0 heterocycles. The van der Waals surface area contributed by atoms with Crippen molar-refractivity contribution in [3.05, 3.63) is 70.3 Å². The molecule has 4 aliphatic carbocycles. The van der Waals surface area contributed by atoms with Gasteiger partial charge in [-0.2, -0.15) is 0 Å². The number of rotatable bonds is 11. The highest BCUT2D eigenvalue weighted by atomic mass is 16.5. The molecular formula is C32H44O4. The smallest absolute Gasteiger partial charge is 0.194 e. The minimum absolute atomic E-state index is 0.133. The Morgan fingerprint density at radius 1 is 0.917 bits per heavy atom. The monoisotopic (exact) mass is 492 g/mol. The third kappa shape index (κ3) is 6.72. The molecule has 1 unspecified atom stereocenters. The third-order valence-corrected chi connectivity index (χ3v) is 7.83. The van der Waals surface area contributed by atoms with Crippen molar-refractivity contribution in [2.24, 2.45) is 5.41 Å². The highest BCUT2D eigenvalue weighted by Crippen LogP contribution is 2.31. The van der Waals surface area contributed by atoms with Gasteiger partial charge in [0.05, 0.1) is 18.3 Å². The molecule has 1 atom stereocenters. The summed E-state index contributed by atoms with van der Waals surface area (Å²) in [5.74, 6) is -0.301. The number of Topliss-reactive ketones (excluding diaryl/α,β-unsaturated/α-hetero) is 1. The second-order valence-electron chi connectivity index (χ2n) is 11.9. The molecule has 4 nitrogen and oxygen atoms in total. The number of ketones is 2. The average molecular weight is 493 g/mol. The van der Waals surface area contributed by atoms with Crippen molar-refractivity contribution in [3.8, 4) is 0 Å². The maximum absolute atomic E-state index is 13.9. The molecule has 4 aliphatic rings. The molecule has 0 fully saturated rings. The van der Waals surface area contributed by atoms with Gasteiger partial charge in [0, 0.05) is 23.1 Å². The zero-order chi connectivity index (χ0) is 26.7. The summed E-state index contributed by atoms with van der Waals surface area (Å²) < 4.78 is 12.7. The number of carbonyl (C=O) groups is 2. The molecule has 0 radical (unpaired) electrons. The summed E-state index contributed by atoms with van der Waals surface area (Å²) in [6.45, 7) is 17.1. The van der Waals surface area contributed by atoms with Gasteiger partial charge < -0.3 is 9.47 Å². The second kappa shape index (κ2) is 11.0. The van der Waals surface area contributed by atoms with Crippen molar-refractivity contribution in [1.82, 2.24) is 0 Å². The van der Waals surface area contributed by atoms with Crippen LogP contribution >= 0.6 is 0 Å². The van der Waals surface area contributed by atoms with Crippen LogP contribution in [0.1, 0.15) is 112 Å².